The quantitative estimate of drug-likeness (QED) is 0.381. The number of pyridine rings is 1. The molecule has 1 atom stereocenters. The van der Waals surface area contributed by atoms with Crippen LogP contribution >= 0.6 is 0 Å². The second-order valence-electron chi connectivity index (χ2n) is 7.91. The summed E-state index contributed by atoms with van der Waals surface area (Å²) in [5, 5.41) is 15.3. The number of nitrogens with zero attached hydrogens (tertiary/aromatic N) is 1. The van der Waals surface area contributed by atoms with E-state index in [-0.39, 0.29) is 43.2 Å². The molecule has 0 aliphatic heterocycles. The van der Waals surface area contributed by atoms with Gasteiger partial charge in [-0.1, -0.05) is 27.2 Å². The number of hydrogen-bond acceptors (Lipinski definition) is 7. The number of carbonyl (C=O) groups is 4. The Kier molecular flexibility index (Phi) is 11.2. The highest BCUT2D eigenvalue weighted by Crippen LogP contribution is 2.14. The highest BCUT2D eigenvalue weighted by Gasteiger charge is 2.26. The number of carbonyl (C=O) groups excluding carboxylic acids is 4. The van der Waals surface area contributed by atoms with Crippen LogP contribution < -0.4 is 16.1 Å². The third kappa shape index (κ3) is 8.52. The third-order valence-corrected chi connectivity index (χ3v) is 4.74. The van der Waals surface area contributed by atoms with Gasteiger partial charge in [0.05, 0.1) is 20.1 Å². The summed E-state index contributed by atoms with van der Waals surface area (Å²) < 4.78 is 5.96. The molecule has 0 aliphatic rings. The van der Waals surface area contributed by atoms with Crippen LogP contribution in [0.1, 0.15) is 63.4 Å². The number of methoxy groups -OCH3 is 1. The van der Waals surface area contributed by atoms with E-state index >= 15 is 0 Å². The summed E-state index contributed by atoms with van der Waals surface area (Å²) >= 11 is 0. The third-order valence-electron chi connectivity index (χ3n) is 4.74. The zero-order valence-electron chi connectivity index (χ0n) is 19.1. The SMILES string of the molecule is CCCCn1ccc(=O)c(O)c1C(=O)N[C@@H](CC(C)C)C(=O)NCC(=O)CCC(=O)OC. The van der Waals surface area contributed by atoms with Crippen molar-refractivity contribution in [2.24, 2.45) is 5.92 Å². The molecule has 32 heavy (non-hydrogen) atoms. The van der Waals surface area contributed by atoms with Crippen molar-refractivity contribution in [3.05, 3.63) is 28.2 Å². The van der Waals surface area contributed by atoms with Crippen LogP contribution in [0.25, 0.3) is 0 Å². The first kappa shape index (κ1) is 26.9. The van der Waals surface area contributed by atoms with Crippen molar-refractivity contribution in [2.75, 3.05) is 13.7 Å². The van der Waals surface area contributed by atoms with Crippen molar-refractivity contribution < 1.29 is 29.0 Å². The lowest BCUT2D eigenvalue weighted by molar-refractivity contribution is -0.141. The molecule has 1 aromatic heterocycles. The molecule has 0 unspecified atom stereocenters. The number of aromatic nitrogens is 1. The molecule has 1 rings (SSSR count). The number of esters is 1. The summed E-state index contributed by atoms with van der Waals surface area (Å²) in [5.74, 6) is -2.85. The Balaban J connectivity index is 2.93. The number of Topliss-reactive ketones (excluding diaryl/α,β-unsaturated/α-hetero) is 1. The zero-order chi connectivity index (χ0) is 24.3. The van der Waals surface area contributed by atoms with Gasteiger partial charge in [-0.2, -0.15) is 0 Å². The summed E-state index contributed by atoms with van der Waals surface area (Å²) in [4.78, 5) is 60.5. The Labute approximate surface area is 187 Å². The number of aryl methyl sites for hydroxylation is 1. The first-order chi connectivity index (χ1) is 15.1. The lowest BCUT2D eigenvalue weighted by Crippen LogP contribution is -2.49. The van der Waals surface area contributed by atoms with Crippen molar-refractivity contribution in [3.8, 4) is 5.75 Å². The van der Waals surface area contributed by atoms with Crippen molar-refractivity contribution in [2.45, 2.75) is 65.5 Å². The zero-order valence-corrected chi connectivity index (χ0v) is 19.1. The van der Waals surface area contributed by atoms with Gasteiger partial charge in [-0.3, -0.25) is 24.0 Å². The van der Waals surface area contributed by atoms with Crippen LogP contribution in [-0.2, 0) is 25.7 Å². The molecule has 0 saturated carbocycles. The number of amides is 2. The summed E-state index contributed by atoms with van der Waals surface area (Å²) in [5.41, 5.74) is -0.898. The Bertz CT molecular complexity index is 877. The van der Waals surface area contributed by atoms with Crippen molar-refractivity contribution in [3.63, 3.8) is 0 Å². The maximum atomic E-state index is 12.9. The molecular weight excluding hydrogens is 418 g/mol. The number of aromatic hydroxyl groups is 1. The number of hydrogen-bond donors (Lipinski definition) is 3. The molecule has 0 aliphatic carbocycles. The Morgan fingerprint density at radius 2 is 1.88 bits per heavy atom. The fraction of sp³-hybridized carbons (Fsp3) is 0.591. The van der Waals surface area contributed by atoms with Crippen molar-refractivity contribution in [1.82, 2.24) is 15.2 Å². The molecule has 178 valence electrons. The van der Waals surface area contributed by atoms with Crippen molar-refractivity contribution >= 4 is 23.6 Å². The minimum Gasteiger partial charge on any atom is -0.503 e. The average Bonchev–Trinajstić information content (AvgIpc) is 2.75. The molecule has 0 fully saturated rings. The maximum absolute atomic E-state index is 12.9. The van der Waals surface area contributed by atoms with Crippen molar-refractivity contribution in [1.29, 1.82) is 0 Å². The first-order valence-corrected chi connectivity index (χ1v) is 10.7. The van der Waals surface area contributed by atoms with Crippen LogP contribution in [0.5, 0.6) is 5.75 Å². The van der Waals surface area contributed by atoms with Gasteiger partial charge >= 0.3 is 5.97 Å². The minimum atomic E-state index is -0.981. The molecule has 2 amide bonds. The minimum absolute atomic E-state index is 0.0349. The highest BCUT2D eigenvalue weighted by atomic mass is 16.5. The van der Waals surface area contributed by atoms with E-state index in [1.807, 2.05) is 20.8 Å². The molecule has 1 heterocycles. The van der Waals surface area contributed by atoms with Gasteiger partial charge in [-0.25, -0.2) is 0 Å². The predicted octanol–water partition coefficient (Wildman–Crippen LogP) is 1.14. The highest BCUT2D eigenvalue weighted by molar-refractivity contribution is 5.98. The van der Waals surface area contributed by atoms with Crippen LogP contribution in [0.15, 0.2) is 17.1 Å². The smallest absolute Gasteiger partial charge is 0.305 e. The van der Waals surface area contributed by atoms with Gasteiger partial charge in [0.2, 0.25) is 11.3 Å². The van der Waals surface area contributed by atoms with E-state index in [0.717, 1.165) is 12.8 Å². The van der Waals surface area contributed by atoms with Crippen LogP contribution in [0.3, 0.4) is 0 Å². The van der Waals surface area contributed by atoms with Crippen LogP contribution in [0.4, 0.5) is 0 Å². The normalized spacial score (nSPS) is 11.7. The fourth-order valence-electron chi connectivity index (χ4n) is 2.99. The lowest BCUT2D eigenvalue weighted by atomic mass is 10.0. The summed E-state index contributed by atoms with van der Waals surface area (Å²) in [6.07, 6.45) is 3.13. The Morgan fingerprint density at radius 1 is 1.19 bits per heavy atom. The molecule has 10 nitrogen and oxygen atoms in total. The molecule has 10 heteroatoms. The number of nitrogens with one attached hydrogen (secondary N) is 2. The molecule has 0 saturated heterocycles. The average molecular weight is 452 g/mol. The van der Waals surface area contributed by atoms with Gasteiger partial charge in [0, 0.05) is 25.2 Å². The second kappa shape index (κ2) is 13.3. The first-order valence-electron chi connectivity index (χ1n) is 10.7. The van der Waals surface area contributed by atoms with E-state index in [2.05, 4.69) is 15.4 Å². The lowest BCUT2D eigenvalue weighted by Gasteiger charge is -2.21. The summed E-state index contributed by atoms with van der Waals surface area (Å²) in [6.45, 7) is 5.83. The van der Waals surface area contributed by atoms with E-state index in [9.17, 15) is 29.1 Å². The fourth-order valence-corrected chi connectivity index (χ4v) is 2.99. The van der Waals surface area contributed by atoms with Crippen LogP contribution in [0, 0.1) is 5.92 Å². The number of ketones is 1. The monoisotopic (exact) mass is 451 g/mol. The van der Waals surface area contributed by atoms with E-state index in [1.54, 1.807) is 0 Å². The molecule has 1 aromatic rings. The van der Waals surface area contributed by atoms with E-state index in [0.29, 0.717) is 6.54 Å². The number of rotatable bonds is 13. The Hall–Kier alpha value is -3.17. The van der Waals surface area contributed by atoms with E-state index in [4.69, 9.17) is 0 Å². The predicted molar refractivity (Wildman–Crippen MR) is 117 cm³/mol. The molecule has 0 aromatic carbocycles. The molecule has 3 N–H and O–H groups in total. The van der Waals surface area contributed by atoms with Gasteiger partial charge in [-0.15, -0.1) is 0 Å². The molecular formula is C22H33N3O7. The number of unbranched alkanes of at least 4 members (excludes halogenated alkanes) is 1. The Morgan fingerprint density at radius 3 is 2.47 bits per heavy atom. The topological polar surface area (TPSA) is 144 Å². The summed E-state index contributed by atoms with van der Waals surface area (Å²) in [7, 11) is 1.22. The van der Waals surface area contributed by atoms with E-state index in [1.165, 1.54) is 23.9 Å². The molecule has 0 radical (unpaired) electrons. The van der Waals surface area contributed by atoms with E-state index < -0.39 is 35.0 Å². The van der Waals surface area contributed by atoms with Gasteiger partial charge < -0.3 is 25.0 Å². The van der Waals surface area contributed by atoms with Crippen LogP contribution in [0.2, 0.25) is 0 Å². The summed E-state index contributed by atoms with van der Waals surface area (Å²) in [6, 6.07) is 0.199. The van der Waals surface area contributed by atoms with Crippen LogP contribution in [-0.4, -0.2) is 52.9 Å². The van der Waals surface area contributed by atoms with Gasteiger partial charge in [0.15, 0.2) is 17.2 Å². The number of ether oxygens (including phenoxy) is 1. The molecule has 0 bridgehead atoms. The maximum Gasteiger partial charge on any atom is 0.305 e. The molecule has 0 spiro atoms. The largest absolute Gasteiger partial charge is 0.503 e. The standard InChI is InChI=1S/C22H33N3O7/c1-5-6-10-25-11-9-17(27)20(29)19(25)22(31)24-16(12-14(2)3)21(30)23-13-15(26)7-8-18(28)32-4/h9,11,14,16,29H,5-8,10,12-13H2,1-4H3,(H,23,30)(H,24,31)/t16-/m0/s1. The van der Waals surface area contributed by atoms with Gasteiger partial charge in [0.1, 0.15) is 6.04 Å². The van der Waals surface area contributed by atoms with Gasteiger partial charge in [-0.05, 0) is 18.8 Å². The second-order valence-corrected chi connectivity index (χ2v) is 7.91. The van der Waals surface area contributed by atoms with Gasteiger partial charge in [0.25, 0.3) is 5.91 Å².